The first-order valence-corrected chi connectivity index (χ1v) is 7.99. The van der Waals surface area contributed by atoms with Crippen LogP contribution in [0.5, 0.6) is 5.75 Å². The molecule has 3 heteroatoms. The molecule has 0 saturated carbocycles. The molecule has 0 saturated heterocycles. The van der Waals surface area contributed by atoms with Crippen molar-refractivity contribution in [3.8, 4) is 16.9 Å². The van der Waals surface area contributed by atoms with E-state index in [0.29, 0.717) is 0 Å². The van der Waals surface area contributed by atoms with Crippen LogP contribution < -0.4 is 10.5 Å². The van der Waals surface area contributed by atoms with Gasteiger partial charge in [0, 0.05) is 16.0 Å². The average Bonchev–Trinajstić information content (AvgIpc) is 2.73. The molecule has 0 amide bonds. The van der Waals surface area contributed by atoms with E-state index < -0.39 is 0 Å². The molecule has 2 N–H and O–H groups in total. The monoisotopic (exact) mass is 287 g/mol. The average molecular weight is 287 g/mol. The number of anilines is 1. The summed E-state index contributed by atoms with van der Waals surface area (Å²) in [7, 11) is 1.75. The van der Waals surface area contributed by atoms with Crippen LogP contribution in [0.2, 0.25) is 0 Å². The number of hydrogen-bond donors (Lipinski definition) is 1. The molecule has 0 unspecified atom stereocenters. The van der Waals surface area contributed by atoms with Gasteiger partial charge in [0.15, 0.2) is 0 Å². The van der Waals surface area contributed by atoms with Crippen LogP contribution in [0, 0.1) is 13.8 Å². The number of nitrogens with two attached hydrogens (primary N) is 1. The van der Waals surface area contributed by atoms with Crippen LogP contribution in [0.3, 0.4) is 0 Å². The highest BCUT2D eigenvalue weighted by Gasteiger charge is 2.23. The maximum Gasteiger partial charge on any atom is 0.129 e. The summed E-state index contributed by atoms with van der Waals surface area (Å²) in [5.74, 6) is 0.966. The van der Waals surface area contributed by atoms with Crippen LogP contribution >= 0.6 is 11.3 Å². The van der Waals surface area contributed by atoms with Crippen LogP contribution in [0.25, 0.3) is 11.1 Å². The Balaban J connectivity index is 2.26. The molecule has 1 aromatic heterocycles. The quantitative estimate of drug-likeness (QED) is 0.882. The Morgan fingerprint density at radius 2 is 1.90 bits per heavy atom. The second-order valence-corrected chi connectivity index (χ2v) is 6.75. The molecule has 0 aliphatic heterocycles. The molecule has 0 bridgehead atoms. The minimum atomic E-state index is 0.945. The first-order valence-electron chi connectivity index (χ1n) is 7.17. The van der Waals surface area contributed by atoms with E-state index in [2.05, 4.69) is 26.0 Å². The molecular formula is C17H21NOS. The maximum absolute atomic E-state index is 6.34. The van der Waals surface area contributed by atoms with E-state index in [-0.39, 0.29) is 0 Å². The fraction of sp³-hybridized carbons (Fsp3) is 0.412. The molecule has 0 spiro atoms. The molecule has 3 rings (SSSR count). The fourth-order valence-corrected chi connectivity index (χ4v) is 4.47. The van der Waals surface area contributed by atoms with E-state index in [0.717, 1.165) is 17.2 Å². The van der Waals surface area contributed by atoms with Gasteiger partial charge >= 0.3 is 0 Å². The Bertz CT molecular complexity index is 657. The van der Waals surface area contributed by atoms with Crippen molar-refractivity contribution in [2.45, 2.75) is 39.5 Å². The van der Waals surface area contributed by atoms with Gasteiger partial charge < -0.3 is 10.5 Å². The highest BCUT2D eigenvalue weighted by molar-refractivity contribution is 7.16. The van der Waals surface area contributed by atoms with Crippen molar-refractivity contribution in [3.63, 3.8) is 0 Å². The van der Waals surface area contributed by atoms with Gasteiger partial charge in [-0.05, 0) is 62.3 Å². The summed E-state index contributed by atoms with van der Waals surface area (Å²) in [6.45, 7) is 4.23. The fourth-order valence-electron chi connectivity index (χ4n) is 3.29. The van der Waals surface area contributed by atoms with Crippen molar-refractivity contribution in [2.24, 2.45) is 0 Å². The third kappa shape index (κ3) is 2.10. The smallest absolute Gasteiger partial charge is 0.129 e. The first kappa shape index (κ1) is 13.5. The largest absolute Gasteiger partial charge is 0.496 e. The summed E-state index contributed by atoms with van der Waals surface area (Å²) in [5, 5.41) is 0.945. The van der Waals surface area contributed by atoms with Crippen molar-refractivity contribution >= 4 is 16.3 Å². The summed E-state index contributed by atoms with van der Waals surface area (Å²) >= 11 is 1.76. The Kier molecular flexibility index (Phi) is 3.47. The molecule has 1 aliphatic carbocycles. The summed E-state index contributed by atoms with van der Waals surface area (Å²) in [6.07, 6.45) is 4.88. The van der Waals surface area contributed by atoms with E-state index in [1.165, 1.54) is 52.0 Å². The number of methoxy groups -OCH3 is 1. The van der Waals surface area contributed by atoms with Crippen LogP contribution in [-0.4, -0.2) is 7.11 Å². The molecule has 20 heavy (non-hydrogen) atoms. The lowest BCUT2D eigenvalue weighted by Gasteiger charge is -2.17. The van der Waals surface area contributed by atoms with E-state index in [4.69, 9.17) is 10.5 Å². The summed E-state index contributed by atoms with van der Waals surface area (Å²) in [4.78, 5) is 1.48. The molecule has 0 atom stereocenters. The minimum absolute atomic E-state index is 0.945. The highest BCUT2D eigenvalue weighted by atomic mass is 32.1. The van der Waals surface area contributed by atoms with Crippen molar-refractivity contribution in [3.05, 3.63) is 33.7 Å². The summed E-state index contributed by atoms with van der Waals surface area (Å²) in [5.41, 5.74) is 12.6. The topological polar surface area (TPSA) is 35.2 Å². The van der Waals surface area contributed by atoms with Crippen molar-refractivity contribution in [1.82, 2.24) is 0 Å². The van der Waals surface area contributed by atoms with Gasteiger partial charge in [0.1, 0.15) is 5.75 Å². The molecule has 2 aromatic rings. The predicted octanol–water partition coefficient (Wildman–Crippen LogP) is 4.50. The van der Waals surface area contributed by atoms with Gasteiger partial charge in [-0.3, -0.25) is 0 Å². The highest BCUT2D eigenvalue weighted by Crippen LogP contribution is 2.46. The van der Waals surface area contributed by atoms with Crippen LogP contribution in [-0.2, 0) is 12.8 Å². The number of fused-ring (bicyclic) bond motifs is 1. The van der Waals surface area contributed by atoms with Crippen LogP contribution in [0.15, 0.2) is 12.1 Å². The number of ether oxygens (including phenoxy) is 1. The van der Waals surface area contributed by atoms with Crippen molar-refractivity contribution < 1.29 is 4.74 Å². The predicted molar refractivity (Wildman–Crippen MR) is 86.8 cm³/mol. The van der Waals surface area contributed by atoms with Gasteiger partial charge in [-0.2, -0.15) is 0 Å². The van der Waals surface area contributed by atoms with Gasteiger partial charge in [0.2, 0.25) is 0 Å². The molecule has 1 aromatic carbocycles. The zero-order chi connectivity index (χ0) is 14.3. The zero-order valence-electron chi connectivity index (χ0n) is 12.4. The van der Waals surface area contributed by atoms with Crippen LogP contribution in [0.1, 0.15) is 34.4 Å². The second-order valence-electron chi connectivity index (χ2n) is 5.61. The van der Waals surface area contributed by atoms with Crippen molar-refractivity contribution in [2.75, 3.05) is 12.8 Å². The van der Waals surface area contributed by atoms with E-state index in [1.807, 2.05) is 0 Å². The Labute approximate surface area is 124 Å². The molecule has 106 valence electrons. The Morgan fingerprint density at radius 1 is 1.15 bits per heavy atom. The maximum atomic E-state index is 6.34. The van der Waals surface area contributed by atoms with Gasteiger partial charge in [-0.1, -0.05) is 6.07 Å². The number of aryl methyl sites for hydroxylation is 3. The molecular weight excluding hydrogens is 266 g/mol. The molecule has 1 heterocycles. The van der Waals surface area contributed by atoms with Gasteiger partial charge in [0.05, 0.1) is 12.1 Å². The SMILES string of the molecule is COc1c(C)cc(C)cc1-c1c(N)sc2c1CCCC2. The Hall–Kier alpha value is -1.48. The first-order chi connectivity index (χ1) is 9.61. The van der Waals surface area contributed by atoms with E-state index in [1.54, 1.807) is 18.4 Å². The molecule has 1 aliphatic rings. The third-order valence-electron chi connectivity index (χ3n) is 4.09. The summed E-state index contributed by atoms with van der Waals surface area (Å²) < 4.78 is 5.65. The lowest BCUT2D eigenvalue weighted by molar-refractivity contribution is 0.413. The molecule has 2 nitrogen and oxygen atoms in total. The second kappa shape index (κ2) is 5.13. The number of nitrogen functional groups attached to an aromatic ring is 1. The number of rotatable bonds is 2. The number of hydrogen-bond acceptors (Lipinski definition) is 3. The Morgan fingerprint density at radius 3 is 2.65 bits per heavy atom. The van der Waals surface area contributed by atoms with Crippen molar-refractivity contribution in [1.29, 1.82) is 0 Å². The number of benzene rings is 1. The third-order valence-corrected chi connectivity index (χ3v) is 5.21. The standard InChI is InChI=1S/C17H21NOS/c1-10-8-11(2)16(19-3)13(9-10)15-12-6-4-5-7-14(12)20-17(15)18/h8-9H,4-7,18H2,1-3H3. The van der Waals surface area contributed by atoms with Gasteiger partial charge in [0.25, 0.3) is 0 Å². The summed E-state index contributed by atoms with van der Waals surface area (Å²) in [6, 6.07) is 4.37. The number of thiophene rings is 1. The van der Waals surface area contributed by atoms with E-state index in [9.17, 15) is 0 Å². The lowest BCUT2D eigenvalue weighted by atomic mass is 9.90. The zero-order valence-corrected chi connectivity index (χ0v) is 13.2. The lowest BCUT2D eigenvalue weighted by Crippen LogP contribution is -2.01. The van der Waals surface area contributed by atoms with E-state index >= 15 is 0 Å². The minimum Gasteiger partial charge on any atom is -0.496 e. The van der Waals surface area contributed by atoms with Gasteiger partial charge in [-0.25, -0.2) is 0 Å². The van der Waals surface area contributed by atoms with Gasteiger partial charge in [-0.15, -0.1) is 11.3 Å². The normalized spacial score (nSPS) is 14.2. The molecule has 0 fully saturated rings. The molecule has 0 radical (unpaired) electrons. The van der Waals surface area contributed by atoms with Crippen LogP contribution in [0.4, 0.5) is 5.00 Å².